The van der Waals surface area contributed by atoms with Gasteiger partial charge in [-0.1, -0.05) is 41.9 Å². The minimum Gasteiger partial charge on any atom is -0.351 e. The molecule has 0 fully saturated rings. The molecule has 0 radical (unpaired) electrons. The van der Waals surface area contributed by atoms with Crippen molar-refractivity contribution in [3.63, 3.8) is 0 Å². The summed E-state index contributed by atoms with van der Waals surface area (Å²) >= 11 is 5.88. The lowest BCUT2D eigenvalue weighted by Crippen LogP contribution is -2.46. The fourth-order valence-corrected chi connectivity index (χ4v) is 2.74. The molecule has 3 nitrogen and oxygen atoms in total. The van der Waals surface area contributed by atoms with Crippen molar-refractivity contribution in [3.05, 3.63) is 70.9 Å². The summed E-state index contributed by atoms with van der Waals surface area (Å²) in [7, 11) is 0. The lowest BCUT2D eigenvalue weighted by molar-refractivity contribution is -0.153. The van der Waals surface area contributed by atoms with Crippen LogP contribution in [0.4, 0.5) is 13.2 Å². The lowest BCUT2D eigenvalue weighted by atomic mass is 10.1. The molecule has 1 heterocycles. The number of aromatic nitrogens is 1. The Labute approximate surface area is 146 Å². The molecule has 1 unspecified atom stereocenters. The van der Waals surface area contributed by atoms with E-state index in [1.165, 1.54) is 6.07 Å². The number of benzene rings is 2. The molecule has 2 aromatic carbocycles. The van der Waals surface area contributed by atoms with Gasteiger partial charge in [0, 0.05) is 22.3 Å². The fourth-order valence-electron chi connectivity index (χ4n) is 2.56. The van der Waals surface area contributed by atoms with Crippen molar-refractivity contribution < 1.29 is 18.0 Å². The summed E-state index contributed by atoms with van der Waals surface area (Å²) in [6.07, 6.45) is -4.89. The summed E-state index contributed by atoms with van der Waals surface area (Å²) in [5, 5.41) is 3.21. The molecule has 2 N–H and O–H groups in total. The van der Waals surface area contributed by atoms with E-state index in [0.717, 1.165) is 0 Å². The zero-order valence-electron chi connectivity index (χ0n) is 12.9. The predicted octanol–water partition coefficient (Wildman–Crippen LogP) is 4.72. The third-order valence-corrected chi connectivity index (χ3v) is 4.05. The van der Waals surface area contributed by atoms with Crippen molar-refractivity contribution in [2.75, 3.05) is 0 Å². The number of fused-ring (bicyclic) bond motifs is 1. The second-order valence-electron chi connectivity index (χ2n) is 5.67. The second-order valence-corrected chi connectivity index (χ2v) is 6.11. The monoisotopic (exact) mass is 366 g/mol. The van der Waals surface area contributed by atoms with Crippen molar-refractivity contribution in [1.82, 2.24) is 10.3 Å². The van der Waals surface area contributed by atoms with Gasteiger partial charge >= 0.3 is 6.18 Å². The van der Waals surface area contributed by atoms with Crippen LogP contribution < -0.4 is 5.32 Å². The van der Waals surface area contributed by atoms with Crippen molar-refractivity contribution in [2.45, 2.75) is 18.6 Å². The number of rotatable bonds is 4. The smallest absolute Gasteiger partial charge is 0.351 e. The van der Waals surface area contributed by atoms with Crippen LogP contribution in [0.5, 0.6) is 0 Å². The summed E-state index contributed by atoms with van der Waals surface area (Å²) in [5.41, 5.74) is 1.18. The molecule has 7 heteroatoms. The Hall–Kier alpha value is -2.47. The van der Waals surface area contributed by atoms with Crippen LogP contribution >= 0.6 is 11.6 Å². The number of amides is 1. The Morgan fingerprint density at radius 2 is 1.84 bits per heavy atom. The molecular formula is C18H14ClF3N2O. The first-order valence-electron chi connectivity index (χ1n) is 7.53. The Morgan fingerprint density at radius 3 is 2.52 bits per heavy atom. The number of carbonyl (C=O) groups excluding carboxylic acids is 1. The highest BCUT2D eigenvalue weighted by Crippen LogP contribution is 2.24. The highest BCUT2D eigenvalue weighted by atomic mass is 35.5. The first-order chi connectivity index (χ1) is 11.8. The maximum absolute atomic E-state index is 13.3. The van der Waals surface area contributed by atoms with E-state index in [4.69, 9.17) is 11.6 Å². The van der Waals surface area contributed by atoms with Gasteiger partial charge in [0.15, 0.2) is 0 Å². The van der Waals surface area contributed by atoms with E-state index < -0.39 is 18.1 Å². The van der Waals surface area contributed by atoms with E-state index in [2.05, 4.69) is 10.3 Å². The zero-order valence-corrected chi connectivity index (χ0v) is 13.7. The normalized spacial score (nSPS) is 13.0. The van der Waals surface area contributed by atoms with Crippen LogP contribution in [0.1, 0.15) is 16.1 Å². The highest BCUT2D eigenvalue weighted by Gasteiger charge is 2.40. The summed E-state index contributed by atoms with van der Waals surface area (Å²) in [6.45, 7) is 0. The molecule has 0 spiro atoms. The molecule has 0 bridgehead atoms. The van der Waals surface area contributed by atoms with Crippen molar-refractivity contribution >= 4 is 28.4 Å². The number of hydrogen-bond donors (Lipinski definition) is 2. The number of alkyl halides is 3. The Bertz CT molecular complexity index is 890. The zero-order chi connectivity index (χ0) is 18.0. The van der Waals surface area contributed by atoms with E-state index >= 15 is 0 Å². The molecule has 1 aromatic heterocycles. The Morgan fingerprint density at radius 1 is 1.12 bits per heavy atom. The predicted molar refractivity (Wildman–Crippen MR) is 90.8 cm³/mol. The van der Waals surface area contributed by atoms with Gasteiger partial charge in [0.05, 0.1) is 0 Å². The van der Waals surface area contributed by atoms with Gasteiger partial charge in [0.2, 0.25) is 0 Å². The average Bonchev–Trinajstić information content (AvgIpc) is 2.97. The second kappa shape index (κ2) is 6.80. The Kier molecular flexibility index (Phi) is 4.72. The van der Waals surface area contributed by atoms with Gasteiger partial charge in [-0.3, -0.25) is 4.79 Å². The maximum Gasteiger partial charge on any atom is 0.408 e. The molecule has 0 saturated heterocycles. The Balaban J connectivity index is 1.81. The first kappa shape index (κ1) is 17.4. The van der Waals surface area contributed by atoms with Gasteiger partial charge in [-0.25, -0.2) is 0 Å². The van der Waals surface area contributed by atoms with Crippen LogP contribution in [0.2, 0.25) is 5.02 Å². The molecule has 1 atom stereocenters. The van der Waals surface area contributed by atoms with Gasteiger partial charge < -0.3 is 10.3 Å². The highest BCUT2D eigenvalue weighted by molar-refractivity contribution is 6.31. The van der Waals surface area contributed by atoms with Crippen LogP contribution in [0.3, 0.4) is 0 Å². The standard InChI is InChI=1S/C18H14ClF3N2O/c19-13-6-7-14-12(9-13)10-15(23-14)17(25)24-16(18(20,21)22)8-11-4-2-1-3-5-11/h1-7,9-10,16,23H,8H2,(H,24,25). The molecule has 0 aliphatic rings. The van der Waals surface area contributed by atoms with Gasteiger partial charge in [-0.15, -0.1) is 0 Å². The third-order valence-electron chi connectivity index (χ3n) is 3.81. The fraction of sp³-hybridized carbons (Fsp3) is 0.167. The van der Waals surface area contributed by atoms with Crippen molar-refractivity contribution in [3.8, 4) is 0 Å². The molecule has 1 amide bonds. The lowest BCUT2D eigenvalue weighted by Gasteiger charge is -2.21. The van der Waals surface area contributed by atoms with E-state index in [1.54, 1.807) is 48.5 Å². The van der Waals surface area contributed by atoms with Crippen LogP contribution in [0.25, 0.3) is 10.9 Å². The van der Waals surface area contributed by atoms with Crippen molar-refractivity contribution in [2.24, 2.45) is 0 Å². The van der Waals surface area contributed by atoms with Gasteiger partial charge in [-0.2, -0.15) is 13.2 Å². The molecule has 0 aliphatic carbocycles. The summed E-state index contributed by atoms with van der Waals surface area (Å²) in [4.78, 5) is 15.1. The molecule has 0 saturated carbocycles. The SMILES string of the molecule is O=C(NC(Cc1ccccc1)C(F)(F)F)c1cc2cc(Cl)ccc2[nH]1. The number of hydrogen-bond acceptors (Lipinski definition) is 1. The summed E-state index contributed by atoms with van der Waals surface area (Å²) in [6, 6.07) is 12.7. The molecular weight excluding hydrogens is 353 g/mol. The molecule has 3 aromatic rings. The molecule has 3 rings (SSSR count). The number of aromatic amines is 1. The largest absolute Gasteiger partial charge is 0.408 e. The molecule has 0 aliphatic heterocycles. The van der Waals surface area contributed by atoms with E-state index in [9.17, 15) is 18.0 Å². The van der Waals surface area contributed by atoms with Gasteiger partial charge in [0.1, 0.15) is 11.7 Å². The number of halogens is 4. The third kappa shape index (κ3) is 4.14. The average molecular weight is 367 g/mol. The summed E-state index contributed by atoms with van der Waals surface area (Å²) in [5.74, 6) is -0.814. The maximum atomic E-state index is 13.3. The van der Waals surface area contributed by atoms with Crippen LogP contribution in [0, 0.1) is 0 Å². The minimum atomic E-state index is -4.55. The van der Waals surface area contributed by atoms with E-state index in [0.29, 0.717) is 21.5 Å². The number of carbonyl (C=O) groups is 1. The van der Waals surface area contributed by atoms with Crippen LogP contribution in [-0.4, -0.2) is 23.1 Å². The number of H-pyrrole nitrogens is 1. The molecule has 130 valence electrons. The first-order valence-corrected chi connectivity index (χ1v) is 7.90. The van der Waals surface area contributed by atoms with Gasteiger partial charge in [-0.05, 0) is 29.8 Å². The van der Waals surface area contributed by atoms with Crippen LogP contribution in [-0.2, 0) is 6.42 Å². The van der Waals surface area contributed by atoms with E-state index in [-0.39, 0.29) is 12.1 Å². The van der Waals surface area contributed by atoms with Crippen molar-refractivity contribution in [1.29, 1.82) is 0 Å². The number of nitrogens with one attached hydrogen (secondary N) is 2. The topological polar surface area (TPSA) is 44.9 Å². The molecule has 25 heavy (non-hydrogen) atoms. The van der Waals surface area contributed by atoms with Gasteiger partial charge in [0.25, 0.3) is 5.91 Å². The van der Waals surface area contributed by atoms with Crippen LogP contribution in [0.15, 0.2) is 54.6 Å². The van der Waals surface area contributed by atoms with E-state index in [1.807, 2.05) is 0 Å². The minimum absolute atomic E-state index is 0.0552. The quantitative estimate of drug-likeness (QED) is 0.689. The summed E-state index contributed by atoms with van der Waals surface area (Å²) < 4.78 is 39.9.